The predicted octanol–water partition coefficient (Wildman–Crippen LogP) is 2.76. The lowest BCUT2D eigenvalue weighted by molar-refractivity contribution is -0.132. The fourth-order valence-corrected chi connectivity index (χ4v) is 4.08. The van der Waals surface area contributed by atoms with Gasteiger partial charge in [0.1, 0.15) is 6.17 Å². The highest BCUT2D eigenvalue weighted by atomic mass is 32.1. The Hall–Kier alpha value is -0.870. The van der Waals surface area contributed by atoms with Crippen LogP contribution < -0.4 is 5.32 Å². The van der Waals surface area contributed by atoms with Crippen LogP contribution in [0.1, 0.15) is 44.2 Å². The van der Waals surface area contributed by atoms with Crippen LogP contribution in [0.4, 0.5) is 0 Å². The maximum Gasteiger partial charge on any atom is 0.241 e. The van der Waals surface area contributed by atoms with Crippen molar-refractivity contribution in [3.05, 3.63) is 22.4 Å². The van der Waals surface area contributed by atoms with Gasteiger partial charge in [0.25, 0.3) is 0 Å². The molecule has 4 unspecified atom stereocenters. The fraction of sp³-hybridized carbons (Fsp3) is 0.643. The zero-order chi connectivity index (χ0) is 12.7. The van der Waals surface area contributed by atoms with Crippen molar-refractivity contribution in [2.24, 2.45) is 5.92 Å². The van der Waals surface area contributed by atoms with Gasteiger partial charge in [0.15, 0.2) is 0 Å². The monoisotopic (exact) mass is 264 g/mol. The van der Waals surface area contributed by atoms with Crippen molar-refractivity contribution >= 4 is 17.2 Å². The molecule has 1 aliphatic carbocycles. The van der Waals surface area contributed by atoms with E-state index in [9.17, 15) is 4.79 Å². The summed E-state index contributed by atoms with van der Waals surface area (Å²) in [7, 11) is 0. The van der Waals surface area contributed by atoms with Gasteiger partial charge in [0.2, 0.25) is 5.91 Å². The Kier molecular flexibility index (Phi) is 3.16. The van der Waals surface area contributed by atoms with E-state index in [1.807, 2.05) is 6.92 Å². The van der Waals surface area contributed by atoms with Gasteiger partial charge in [0.05, 0.1) is 6.04 Å². The summed E-state index contributed by atoms with van der Waals surface area (Å²) in [6.07, 6.45) is 3.75. The normalized spacial score (nSPS) is 36.6. The van der Waals surface area contributed by atoms with E-state index in [2.05, 4.69) is 34.7 Å². The molecule has 0 spiro atoms. The predicted molar refractivity (Wildman–Crippen MR) is 73.3 cm³/mol. The lowest BCUT2D eigenvalue weighted by Crippen LogP contribution is -2.41. The highest BCUT2D eigenvalue weighted by Crippen LogP contribution is 2.38. The van der Waals surface area contributed by atoms with Gasteiger partial charge in [-0.05, 0) is 37.1 Å². The van der Waals surface area contributed by atoms with Gasteiger partial charge in [-0.2, -0.15) is 0 Å². The standard InChI is InChI=1S/C14H20N2OS/c1-9-5-3-6-11(9)16-13(12-7-4-8-18-12)15-10(2)14(16)17/h4,7-11,13,15H,3,5-6H2,1-2H3. The van der Waals surface area contributed by atoms with Crippen molar-refractivity contribution < 1.29 is 4.79 Å². The summed E-state index contributed by atoms with van der Waals surface area (Å²) < 4.78 is 0. The number of nitrogens with one attached hydrogen (secondary N) is 1. The maximum absolute atomic E-state index is 12.4. The lowest BCUT2D eigenvalue weighted by Gasteiger charge is -2.32. The average molecular weight is 264 g/mol. The molecule has 2 fully saturated rings. The SMILES string of the molecule is CC1NC(c2cccs2)N(C2CCCC2C)C1=O. The Balaban J connectivity index is 1.90. The molecule has 1 aliphatic heterocycles. The van der Waals surface area contributed by atoms with E-state index in [0.29, 0.717) is 12.0 Å². The number of hydrogen-bond donors (Lipinski definition) is 1. The minimum Gasteiger partial charge on any atom is -0.317 e. The molecule has 4 atom stereocenters. The third kappa shape index (κ3) is 1.88. The van der Waals surface area contributed by atoms with Crippen molar-refractivity contribution in [3.8, 4) is 0 Å². The average Bonchev–Trinajstić information content (AvgIpc) is 3.03. The quantitative estimate of drug-likeness (QED) is 0.891. The van der Waals surface area contributed by atoms with E-state index in [-0.39, 0.29) is 18.1 Å². The largest absolute Gasteiger partial charge is 0.317 e. The molecule has 1 aromatic heterocycles. The molecule has 2 heterocycles. The third-order valence-electron chi connectivity index (χ3n) is 4.30. The van der Waals surface area contributed by atoms with Crippen LogP contribution in [-0.2, 0) is 4.79 Å². The third-order valence-corrected chi connectivity index (χ3v) is 5.22. The molecule has 0 aromatic carbocycles. The van der Waals surface area contributed by atoms with Gasteiger partial charge < -0.3 is 4.90 Å². The number of carbonyl (C=O) groups excluding carboxylic acids is 1. The Morgan fingerprint density at radius 1 is 1.39 bits per heavy atom. The zero-order valence-corrected chi connectivity index (χ0v) is 11.7. The van der Waals surface area contributed by atoms with Crippen LogP contribution in [0.25, 0.3) is 0 Å². The molecular weight excluding hydrogens is 244 g/mol. The summed E-state index contributed by atoms with van der Waals surface area (Å²) in [4.78, 5) is 15.8. The van der Waals surface area contributed by atoms with Crippen molar-refractivity contribution in [2.75, 3.05) is 0 Å². The summed E-state index contributed by atoms with van der Waals surface area (Å²) in [5.41, 5.74) is 0. The zero-order valence-electron chi connectivity index (χ0n) is 10.9. The van der Waals surface area contributed by atoms with Crippen LogP contribution in [0, 0.1) is 5.92 Å². The second kappa shape index (κ2) is 4.67. The maximum atomic E-state index is 12.4. The van der Waals surface area contributed by atoms with Crippen LogP contribution in [0.15, 0.2) is 17.5 Å². The van der Waals surface area contributed by atoms with Crippen molar-refractivity contribution in [2.45, 2.75) is 51.4 Å². The first-order valence-electron chi connectivity index (χ1n) is 6.80. The van der Waals surface area contributed by atoms with Crippen LogP contribution in [0.3, 0.4) is 0 Å². The molecule has 3 rings (SSSR count). The second-order valence-corrected chi connectivity index (χ2v) is 6.51. The van der Waals surface area contributed by atoms with E-state index < -0.39 is 0 Å². The Bertz CT molecular complexity index is 431. The lowest BCUT2D eigenvalue weighted by atomic mass is 10.0. The van der Waals surface area contributed by atoms with E-state index in [4.69, 9.17) is 0 Å². The van der Waals surface area contributed by atoms with Crippen LogP contribution in [0.5, 0.6) is 0 Å². The van der Waals surface area contributed by atoms with Gasteiger partial charge in [-0.25, -0.2) is 0 Å². The van der Waals surface area contributed by atoms with E-state index >= 15 is 0 Å². The van der Waals surface area contributed by atoms with Crippen LogP contribution >= 0.6 is 11.3 Å². The van der Waals surface area contributed by atoms with Crippen LogP contribution in [-0.4, -0.2) is 22.9 Å². The van der Waals surface area contributed by atoms with Gasteiger partial charge in [-0.3, -0.25) is 10.1 Å². The molecular formula is C14H20N2OS. The first kappa shape index (κ1) is 12.2. The first-order valence-corrected chi connectivity index (χ1v) is 7.68. The highest BCUT2D eigenvalue weighted by molar-refractivity contribution is 7.10. The van der Waals surface area contributed by atoms with E-state index in [1.165, 1.54) is 17.7 Å². The molecule has 18 heavy (non-hydrogen) atoms. The Labute approximate surface area is 112 Å². The molecule has 1 aromatic rings. The molecule has 1 saturated carbocycles. The molecule has 0 radical (unpaired) electrons. The van der Waals surface area contributed by atoms with Crippen molar-refractivity contribution in [3.63, 3.8) is 0 Å². The topological polar surface area (TPSA) is 32.3 Å². The second-order valence-electron chi connectivity index (χ2n) is 5.53. The number of carbonyl (C=O) groups is 1. The van der Waals surface area contributed by atoms with E-state index in [0.717, 1.165) is 6.42 Å². The minimum atomic E-state index is -0.0510. The molecule has 2 aliphatic rings. The molecule has 0 bridgehead atoms. The summed E-state index contributed by atoms with van der Waals surface area (Å²) in [5.74, 6) is 0.899. The number of nitrogens with zero attached hydrogens (tertiary/aromatic N) is 1. The highest BCUT2D eigenvalue weighted by Gasteiger charge is 2.44. The summed E-state index contributed by atoms with van der Waals surface area (Å²) in [6, 6.07) is 4.55. The number of thiophene rings is 1. The number of rotatable bonds is 2. The Morgan fingerprint density at radius 3 is 2.83 bits per heavy atom. The summed E-state index contributed by atoms with van der Waals surface area (Å²) >= 11 is 1.73. The van der Waals surface area contributed by atoms with Crippen molar-refractivity contribution in [1.82, 2.24) is 10.2 Å². The first-order chi connectivity index (χ1) is 8.68. The van der Waals surface area contributed by atoms with Gasteiger partial charge in [0, 0.05) is 10.9 Å². The van der Waals surface area contributed by atoms with Gasteiger partial charge in [-0.1, -0.05) is 19.4 Å². The van der Waals surface area contributed by atoms with Crippen molar-refractivity contribution in [1.29, 1.82) is 0 Å². The van der Waals surface area contributed by atoms with E-state index in [1.54, 1.807) is 11.3 Å². The molecule has 4 heteroatoms. The van der Waals surface area contributed by atoms with Gasteiger partial charge in [-0.15, -0.1) is 11.3 Å². The molecule has 1 N–H and O–H groups in total. The van der Waals surface area contributed by atoms with Gasteiger partial charge >= 0.3 is 0 Å². The summed E-state index contributed by atoms with van der Waals surface area (Å²) in [6.45, 7) is 4.25. The Morgan fingerprint density at radius 2 is 2.22 bits per heavy atom. The molecule has 3 nitrogen and oxygen atoms in total. The number of amides is 1. The molecule has 1 saturated heterocycles. The molecule has 1 amide bonds. The minimum absolute atomic E-state index is 0.0510. The summed E-state index contributed by atoms with van der Waals surface area (Å²) in [5, 5.41) is 5.52. The van der Waals surface area contributed by atoms with Crippen LogP contribution in [0.2, 0.25) is 0 Å². The number of hydrogen-bond acceptors (Lipinski definition) is 3. The molecule has 98 valence electrons. The smallest absolute Gasteiger partial charge is 0.241 e. The fourth-order valence-electron chi connectivity index (χ4n) is 3.30.